The number of amides is 2. The molecule has 31 heavy (non-hydrogen) atoms. The fraction of sp³-hybridized carbons (Fsp3) is 0.440. The zero-order valence-electron chi connectivity index (χ0n) is 18.5. The standard InChI is InChI=1S/C25H32N4O2/c1-19(21-6-4-3-5-7-21)29-18-22(16-24(29)30)25(31)26-23-10-8-20(9-11-23)17-28-14-12-27(2)13-15-28/h3-11,19,22H,12-18H2,1-2H3,(H,26,31). The highest BCUT2D eigenvalue weighted by molar-refractivity contribution is 5.97. The van der Waals surface area contributed by atoms with Crippen molar-refractivity contribution in [3.8, 4) is 0 Å². The van der Waals surface area contributed by atoms with Crippen LogP contribution >= 0.6 is 0 Å². The van der Waals surface area contributed by atoms with Crippen LogP contribution in [-0.2, 0) is 16.1 Å². The third kappa shape index (κ3) is 5.32. The quantitative estimate of drug-likeness (QED) is 0.781. The van der Waals surface area contributed by atoms with Gasteiger partial charge in [0.2, 0.25) is 11.8 Å². The summed E-state index contributed by atoms with van der Waals surface area (Å²) >= 11 is 0. The molecule has 2 heterocycles. The number of nitrogens with zero attached hydrogens (tertiary/aromatic N) is 3. The smallest absolute Gasteiger partial charge is 0.229 e. The van der Waals surface area contributed by atoms with Crippen LogP contribution in [0.3, 0.4) is 0 Å². The van der Waals surface area contributed by atoms with E-state index in [1.807, 2.05) is 54.3 Å². The van der Waals surface area contributed by atoms with Crippen LogP contribution in [0.1, 0.15) is 30.5 Å². The van der Waals surface area contributed by atoms with Crippen LogP contribution in [0.15, 0.2) is 54.6 Å². The van der Waals surface area contributed by atoms with Gasteiger partial charge in [0.15, 0.2) is 0 Å². The van der Waals surface area contributed by atoms with Gasteiger partial charge < -0.3 is 15.1 Å². The molecule has 2 aromatic rings. The highest BCUT2D eigenvalue weighted by atomic mass is 16.2. The molecule has 2 unspecified atom stereocenters. The van der Waals surface area contributed by atoms with Crippen LogP contribution in [0.4, 0.5) is 5.69 Å². The fourth-order valence-electron chi connectivity index (χ4n) is 4.40. The number of nitrogens with one attached hydrogen (secondary N) is 1. The molecule has 0 aromatic heterocycles. The van der Waals surface area contributed by atoms with E-state index in [1.165, 1.54) is 5.56 Å². The van der Waals surface area contributed by atoms with Gasteiger partial charge >= 0.3 is 0 Å². The number of hydrogen-bond acceptors (Lipinski definition) is 4. The van der Waals surface area contributed by atoms with Gasteiger partial charge in [-0.2, -0.15) is 0 Å². The normalized spacial score (nSPS) is 21.3. The fourth-order valence-corrected chi connectivity index (χ4v) is 4.40. The molecule has 164 valence electrons. The van der Waals surface area contributed by atoms with Crippen LogP contribution in [0.5, 0.6) is 0 Å². The molecule has 0 aliphatic carbocycles. The monoisotopic (exact) mass is 420 g/mol. The van der Waals surface area contributed by atoms with E-state index >= 15 is 0 Å². The molecular formula is C25H32N4O2. The summed E-state index contributed by atoms with van der Waals surface area (Å²) in [6.45, 7) is 7.80. The van der Waals surface area contributed by atoms with E-state index < -0.39 is 0 Å². The SMILES string of the molecule is CC(c1ccccc1)N1CC(C(=O)Nc2ccc(CN3CCN(C)CC3)cc2)CC1=O. The van der Waals surface area contributed by atoms with Crippen molar-refractivity contribution in [1.82, 2.24) is 14.7 Å². The Bertz CT molecular complexity index is 891. The van der Waals surface area contributed by atoms with Gasteiger partial charge in [-0.1, -0.05) is 42.5 Å². The van der Waals surface area contributed by atoms with Gasteiger partial charge in [0, 0.05) is 51.4 Å². The maximum Gasteiger partial charge on any atom is 0.229 e. The van der Waals surface area contributed by atoms with Crippen molar-refractivity contribution in [2.45, 2.75) is 25.9 Å². The number of piperazine rings is 1. The Labute approximate surface area is 184 Å². The maximum atomic E-state index is 12.8. The molecular weight excluding hydrogens is 388 g/mol. The minimum atomic E-state index is -0.316. The summed E-state index contributed by atoms with van der Waals surface area (Å²) in [6.07, 6.45) is 0.268. The third-order valence-electron chi connectivity index (χ3n) is 6.50. The highest BCUT2D eigenvalue weighted by Gasteiger charge is 2.37. The van der Waals surface area contributed by atoms with E-state index in [4.69, 9.17) is 0 Å². The molecule has 0 bridgehead atoms. The van der Waals surface area contributed by atoms with Gasteiger partial charge in [0.1, 0.15) is 0 Å². The number of rotatable bonds is 6. The second-order valence-electron chi connectivity index (χ2n) is 8.80. The molecule has 2 atom stereocenters. The summed E-state index contributed by atoms with van der Waals surface area (Å²) < 4.78 is 0. The van der Waals surface area contributed by atoms with Gasteiger partial charge in [-0.25, -0.2) is 0 Å². The summed E-state index contributed by atoms with van der Waals surface area (Å²) in [6, 6.07) is 18.0. The maximum absolute atomic E-state index is 12.8. The van der Waals surface area contributed by atoms with Gasteiger partial charge in [-0.05, 0) is 37.2 Å². The van der Waals surface area contributed by atoms with Crippen LogP contribution in [0.25, 0.3) is 0 Å². The van der Waals surface area contributed by atoms with Crippen LogP contribution in [0.2, 0.25) is 0 Å². The number of benzene rings is 2. The number of anilines is 1. The van der Waals surface area contributed by atoms with Crippen molar-refractivity contribution in [1.29, 1.82) is 0 Å². The summed E-state index contributed by atoms with van der Waals surface area (Å²) in [7, 11) is 2.16. The van der Waals surface area contributed by atoms with E-state index in [0.717, 1.165) is 44.0 Å². The number of hydrogen-bond donors (Lipinski definition) is 1. The van der Waals surface area contributed by atoms with Crippen molar-refractivity contribution in [3.05, 3.63) is 65.7 Å². The van der Waals surface area contributed by atoms with Crippen LogP contribution in [-0.4, -0.2) is 66.3 Å². The molecule has 2 fully saturated rings. The average Bonchev–Trinajstić information content (AvgIpc) is 3.18. The number of likely N-dealkylation sites (tertiary alicyclic amines) is 1. The average molecular weight is 421 g/mol. The zero-order valence-corrected chi connectivity index (χ0v) is 18.5. The lowest BCUT2D eigenvalue weighted by molar-refractivity contribution is -0.129. The summed E-state index contributed by atoms with van der Waals surface area (Å²) in [5.74, 6) is -0.356. The number of carbonyl (C=O) groups excluding carboxylic acids is 2. The Kier molecular flexibility index (Phi) is 6.68. The van der Waals surface area contributed by atoms with Crippen molar-refractivity contribution in [2.75, 3.05) is 45.1 Å². The summed E-state index contributed by atoms with van der Waals surface area (Å²) in [4.78, 5) is 32.0. The van der Waals surface area contributed by atoms with E-state index in [2.05, 4.69) is 34.3 Å². The van der Waals surface area contributed by atoms with Crippen LogP contribution < -0.4 is 5.32 Å². The van der Waals surface area contributed by atoms with Gasteiger partial charge in [0.25, 0.3) is 0 Å². The minimum Gasteiger partial charge on any atom is -0.335 e. The van der Waals surface area contributed by atoms with E-state index in [0.29, 0.717) is 6.54 Å². The molecule has 0 spiro atoms. The minimum absolute atomic E-state index is 0.0274. The summed E-state index contributed by atoms with van der Waals surface area (Å²) in [5.41, 5.74) is 3.13. The van der Waals surface area contributed by atoms with E-state index in [-0.39, 0.29) is 30.2 Å². The molecule has 2 aliphatic heterocycles. The first-order valence-corrected chi connectivity index (χ1v) is 11.1. The topological polar surface area (TPSA) is 55.9 Å². The van der Waals surface area contributed by atoms with Crippen molar-refractivity contribution in [2.24, 2.45) is 5.92 Å². The largest absolute Gasteiger partial charge is 0.335 e. The first-order valence-electron chi connectivity index (χ1n) is 11.1. The molecule has 2 amide bonds. The van der Waals surface area contributed by atoms with Gasteiger partial charge in [-0.15, -0.1) is 0 Å². The lowest BCUT2D eigenvalue weighted by atomic mass is 10.1. The second-order valence-corrected chi connectivity index (χ2v) is 8.80. The molecule has 2 aromatic carbocycles. The first kappa shape index (κ1) is 21.5. The molecule has 6 heteroatoms. The van der Waals surface area contributed by atoms with Crippen molar-refractivity contribution < 1.29 is 9.59 Å². The molecule has 0 radical (unpaired) electrons. The Morgan fingerprint density at radius 1 is 1.03 bits per heavy atom. The Morgan fingerprint density at radius 3 is 2.39 bits per heavy atom. The van der Waals surface area contributed by atoms with Crippen LogP contribution in [0, 0.1) is 5.92 Å². The zero-order chi connectivity index (χ0) is 21.8. The Morgan fingerprint density at radius 2 is 1.71 bits per heavy atom. The molecule has 2 aliphatic rings. The van der Waals surface area contributed by atoms with E-state index in [1.54, 1.807) is 0 Å². The molecule has 1 N–H and O–H groups in total. The van der Waals surface area contributed by atoms with Gasteiger partial charge in [0.05, 0.1) is 12.0 Å². The second kappa shape index (κ2) is 9.62. The molecule has 2 saturated heterocycles. The van der Waals surface area contributed by atoms with Crippen molar-refractivity contribution in [3.63, 3.8) is 0 Å². The van der Waals surface area contributed by atoms with E-state index in [9.17, 15) is 9.59 Å². The molecule has 6 nitrogen and oxygen atoms in total. The number of likely N-dealkylation sites (N-methyl/N-ethyl adjacent to an activating group) is 1. The highest BCUT2D eigenvalue weighted by Crippen LogP contribution is 2.29. The Hall–Kier alpha value is -2.70. The summed E-state index contributed by atoms with van der Waals surface area (Å²) in [5, 5.41) is 3.00. The molecule has 0 saturated carbocycles. The Balaban J connectivity index is 1.30. The van der Waals surface area contributed by atoms with Crippen molar-refractivity contribution >= 4 is 17.5 Å². The lowest BCUT2D eigenvalue weighted by Crippen LogP contribution is -2.43. The lowest BCUT2D eigenvalue weighted by Gasteiger charge is -2.32. The van der Waals surface area contributed by atoms with Gasteiger partial charge in [-0.3, -0.25) is 14.5 Å². The predicted molar refractivity (Wildman–Crippen MR) is 123 cm³/mol. The first-order chi connectivity index (χ1) is 15.0. The predicted octanol–water partition coefficient (Wildman–Crippen LogP) is 2.98. The number of carbonyl (C=O) groups is 2. The molecule has 4 rings (SSSR count). The third-order valence-corrected chi connectivity index (χ3v) is 6.50.